The highest BCUT2D eigenvalue weighted by molar-refractivity contribution is 6.35. The average Bonchev–Trinajstić information content (AvgIpc) is 2.16. The minimum Gasteiger partial charge on any atom is -0.396 e. The zero-order chi connectivity index (χ0) is 10.8. The molecule has 1 amide bonds. The number of primary amides is 1. The molecule has 0 spiro atoms. The number of aliphatic hydroxyl groups excluding tert-OH is 1. The van der Waals surface area contributed by atoms with Gasteiger partial charge in [-0.1, -0.05) is 25.7 Å². The summed E-state index contributed by atoms with van der Waals surface area (Å²) in [5, 5.41) is 8.51. The first kappa shape index (κ1) is 13.1. The SMILES string of the molecule is NC(=O)C(=O)CCCCCCCCO. The summed E-state index contributed by atoms with van der Waals surface area (Å²) in [6, 6.07) is 0. The number of aliphatic hydroxyl groups is 1. The molecule has 4 nitrogen and oxygen atoms in total. The summed E-state index contributed by atoms with van der Waals surface area (Å²) in [6.45, 7) is 0.250. The lowest BCUT2D eigenvalue weighted by molar-refractivity contribution is -0.136. The Balaban J connectivity index is 3.13. The van der Waals surface area contributed by atoms with Crippen molar-refractivity contribution in [3.05, 3.63) is 0 Å². The van der Waals surface area contributed by atoms with E-state index in [2.05, 4.69) is 0 Å². The van der Waals surface area contributed by atoms with Gasteiger partial charge in [-0.25, -0.2) is 0 Å². The normalized spacial score (nSPS) is 10.1. The number of amides is 1. The van der Waals surface area contributed by atoms with Crippen molar-refractivity contribution >= 4 is 11.7 Å². The largest absolute Gasteiger partial charge is 0.396 e. The van der Waals surface area contributed by atoms with Crippen molar-refractivity contribution in [2.45, 2.75) is 44.9 Å². The van der Waals surface area contributed by atoms with Crippen LogP contribution in [-0.4, -0.2) is 23.4 Å². The third-order valence-electron chi connectivity index (χ3n) is 2.09. The van der Waals surface area contributed by atoms with Gasteiger partial charge in [-0.15, -0.1) is 0 Å². The second kappa shape index (κ2) is 8.69. The minimum atomic E-state index is -0.828. The maximum atomic E-state index is 10.8. The number of hydrogen-bond acceptors (Lipinski definition) is 3. The van der Waals surface area contributed by atoms with Crippen LogP contribution in [0.5, 0.6) is 0 Å². The maximum Gasteiger partial charge on any atom is 0.284 e. The zero-order valence-electron chi connectivity index (χ0n) is 8.50. The van der Waals surface area contributed by atoms with E-state index in [1.807, 2.05) is 0 Å². The number of nitrogens with two attached hydrogens (primary N) is 1. The van der Waals surface area contributed by atoms with E-state index >= 15 is 0 Å². The topological polar surface area (TPSA) is 80.4 Å². The first-order valence-electron chi connectivity index (χ1n) is 5.12. The quantitative estimate of drug-likeness (QED) is 0.427. The molecule has 0 saturated heterocycles. The molecule has 0 aliphatic carbocycles. The summed E-state index contributed by atoms with van der Waals surface area (Å²) >= 11 is 0. The maximum absolute atomic E-state index is 10.8. The lowest BCUT2D eigenvalue weighted by Crippen LogP contribution is -2.22. The van der Waals surface area contributed by atoms with Crippen molar-refractivity contribution in [2.75, 3.05) is 6.61 Å². The molecule has 0 aromatic heterocycles. The van der Waals surface area contributed by atoms with E-state index in [0.29, 0.717) is 0 Å². The lowest BCUT2D eigenvalue weighted by atomic mass is 10.1. The summed E-state index contributed by atoms with van der Waals surface area (Å²) in [7, 11) is 0. The molecule has 0 aliphatic rings. The fourth-order valence-corrected chi connectivity index (χ4v) is 1.23. The van der Waals surface area contributed by atoms with Gasteiger partial charge in [0.15, 0.2) is 0 Å². The van der Waals surface area contributed by atoms with E-state index in [9.17, 15) is 9.59 Å². The molecule has 4 heteroatoms. The van der Waals surface area contributed by atoms with Crippen molar-refractivity contribution in [3.63, 3.8) is 0 Å². The van der Waals surface area contributed by atoms with E-state index in [1.54, 1.807) is 0 Å². The highest BCUT2D eigenvalue weighted by Crippen LogP contribution is 2.06. The van der Waals surface area contributed by atoms with Gasteiger partial charge in [-0.05, 0) is 12.8 Å². The van der Waals surface area contributed by atoms with Crippen LogP contribution in [0.25, 0.3) is 0 Å². The summed E-state index contributed by atoms with van der Waals surface area (Å²) in [4.78, 5) is 21.1. The van der Waals surface area contributed by atoms with Crippen molar-refractivity contribution in [2.24, 2.45) is 5.73 Å². The number of hydrogen-bond donors (Lipinski definition) is 2. The van der Waals surface area contributed by atoms with Crippen molar-refractivity contribution in [1.82, 2.24) is 0 Å². The third-order valence-corrected chi connectivity index (χ3v) is 2.09. The number of carbonyl (C=O) groups is 2. The van der Waals surface area contributed by atoms with Gasteiger partial charge in [-0.3, -0.25) is 9.59 Å². The van der Waals surface area contributed by atoms with Crippen LogP contribution in [0.4, 0.5) is 0 Å². The van der Waals surface area contributed by atoms with Crippen LogP contribution >= 0.6 is 0 Å². The Labute approximate surface area is 84.5 Å². The Morgan fingerprint density at radius 2 is 1.43 bits per heavy atom. The number of carbonyl (C=O) groups excluding carboxylic acids is 2. The predicted molar refractivity (Wildman–Crippen MR) is 53.6 cm³/mol. The van der Waals surface area contributed by atoms with E-state index in [4.69, 9.17) is 10.8 Å². The second-order valence-electron chi connectivity index (χ2n) is 3.38. The van der Waals surface area contributed by atoms with Gasteiger partial charge in [0.05, 0.1) is 0 Å². The van der Waals surface area contributed by atoms with E-state index in [-0.39, 0.29) is 13.0 Å². The summed E-state index contributed by atoms with van der Waals surface area (Å²) in [5.41, 5.74) is 4.80. The molecule has 0 fully saturated rings. The number of unbranched alkanes of at least 4 members (excludes halogenated alkanes) is 5. The fraction of sp³-hybridized carbons (Fsp3) is 0.800. The first-order valence-corrected chi connectivity index (χ1v) is 5.12. The molecule has 0 aromatic rings. The van der Waals surface area contributed by atoms with Gasteiger partial charge >= 0.3 is 0 Å². The highest BCUT2D eigenvalue weighted by Gasteiger charge is 2.06. The number of rotatable bonds is 9. The number of Topliss-reactive ketones (excluding diaryl/α,β-unsaturated/α-hetero) is 1. The summed E-state index contributed by atoms with van der Waals surface area (Å²) in [5.74, 6) is -1.30. The van der Waals surface area contributed by atoms with Crippen LogP contribution < -0.4 is 5.73 Å². The molecule has 0 aliphatic heterocycles. The monoisotopic (exact) mass is 201 g/mol. The van der Waals surface area contributed by atoms with Gasteiger partial charge in [0.1, 0.15) is 0 Å². The molecule has 0 saturated carbocycles. The van der Waals surface area contributed by atoms with E-state index in [1.165, 1.54) is 0 Å². The zero-order valence-corrected chi connectivity index (χ0v) is 8.50. The molecule has 0 heterocycles. The number of ketones is 1. The third kappa shape index (κ3) is 7.73. The molecule has 0 radical (unpaired) electrons. The van der Waals surface area contributed by atoms with E-state index < -0.39 is 11.7 Å². The van der Waals surface area contributed by atoms with Crippen LogP contribution in [0, 0.1) is 0 Å². The van der Waals surface area contributed by atoms with Crippen molar-refractivity contribution in [3.8, 4) is 0 Å². The predicted octanol–water partition coefficient (Wildman–Crippen LogP) is 0.764. The highest BCUT2D eigenvalue weighted by atomic mass is 16.3. The van der Waals surface area contributed by atoms with Crippen molar-refractivity contribution < 1.29 is 14.7 Å². The molecule has 0 rings (SSSR count). The second-order valence-corrected chi connectivity index (χ2v) is 3.38. The first-order chi connectivity index (χ1) is 6.68. The van der Waals surface area contributed by atoms with Crippen LogP contribution in [0.3, 0.4) is 0 Å². The molecular formula is C10H19NO3. The van der Waals surface area contributed by atoms with Crippen LogP contribution in [0.1, 0.15) is 44.9 Å². The van der Waals surface area contributed by atoms with Gasteiger partial charge in [0.2, 0.25) is 5.78 Å². The average molecular weight is 201 g/mol. The molecule has 0 atom stereocenters. The Morgan fingerprint density at radius 3 is 1.93 bits per heavy atom. The van der Waals surface area contributed by atoms with E-state index in [0.717, 1.165) is 38.5 Å². The summed E-state index contributed by atoms with van der Waals surface area (Å²) < 4.78 is 0. The molecule has 0 bridgehead atoms. The Morgan fingerprint density at radius 1 is 0.929 bits per heavy atom. The van der Waals surface area contributed by atoms with Crippen LogP contribution in [0.2, 0.25) is 0 Å². The molecule has 3 N–H and O–H groups in total. The summed E-state index contributed by atoms with van der Waals surface area (Å²) in [6.07, 6.45) is 5.96. The van der Waals surface area contributed by atoms with Crippen LogP contribution in [0.15, 0.2) is 0 Å². The Hall–Kier alpha value is -0.900. The molecular weight excluding hydrogens is 182 g/mol. The van der Waals surface area contributed by atoms with Gasteiger partial charge in [0, 0.05) is 13.0 Å². The molecule has 82 valence electrons. The Bertz CT molecular complexity index is 180. The molecule has 0 aromatic carbocycles. The molecule has 14 heavy (non-hydrogen) atoms. The van der Waals surface area contributed by atoms with Gasteiger partial charge < -0.3 is 10.8 Å². The minimum absolute atomic E-state index is 0.250. The van der Waals surface area contributed by atoms with Crippen molar-refractivity contribution in [1.29, 1.82) is 0 Å². The van der Waals surface area contributed by atoms with Gasteiger partial charge in [0.25, 0.3) is 5.91 Å². The molecule has 0 unspecified atom stereocenters. The Kier molecular flexibility index (Phi) is 8.13. The van der Waals surface area contributed by atoms with Gasteiger partial charge in [-0.2, -0.15) is 0 Å². The smallest absolute Gasteiger partial charge is 0.284 e. The standard InChI is InChI=1S/C10H19NO3/c11-10(14)9(13)7-5-3-1-2-4-6-8-12/h12H,1-8H2,(H2,11,14). The lowest BCUT2D eigenvalue weighted by Gasteiger charge is -1.99. The fourth-order valence-electron chi connectivity index (χ4n) is 1.23. The van der Waals surface area contributed by atoms with Crippen LogP contribution in [-0.2, 0) is 9.59 Å².